The van der Waals surface area contributed by atoms with Gasteiger partial charge in [0.1, 0.15) is 11.5 Å². The van der Waals surface area contributed by atoms with Crippen LogP contribution >= 0.6 is 0 Å². The SMILES string of the molecule is COc1ccc2c(-c3ccc(CNS(=O)[O-])cc3OC)ccnc2c1. The average Bonchev–Trinajstić information content (AvgIpc) is 2.65. The van der Waals surface area contributed by atoms with Crippen molar-refractivity contribution in [3.05, 3.63) is 54.2 Å². The van der Waals surface area contributed by atoms with Crippen molar-refractivity contribution in [1.82, 2.24) is 9.71 Å². The van der Waals surface area contributed by atoms with Crippen LogP contribution in [0.15, 0.2) is 48.7 Å². The van der Waals surface area contributed by atoms with Crippen molar-refractivity contribution < 1.29 is 18.2 Å². The van der Waals surface area contributed by atoms with E-state index in [2.05, 4.69) is 9.71 Å². The lowest BCUT2D eigenvalue weighted by molar-refractivity contribution is 0.415. The molecule has 0 spiro atoms. The van der Waals surface area contributed by atoms with E-state index in [1.165, 1.54) is 0 Å². The molecule has 0 amide bonds. The molecule has 1 aromatic heterocycles. The van der Waals surface area contributed by atoms with Crippen LogP contribution in [0, 0.1) is 0 Å². The van der Waals surface area contributed by atoms with Crippen LogP contribution in [0.3, 0.4) is 0 Å². The van der Waals surface area contributed by atoms with Gasteiger partial charge in [-0.05, 0) is 35.4 Å². The molecule has 0 radical (unpaired) electrons. The molecule has 3 aromatic rings. The van der Waals surface area contributed by atoms with Crippen molar-refractivity contribution in [1.29, 1.82) is 0 Å². The highest BCUT2D eigenvalue weighted by atomic mass is 32.2. The van der Waals surface area contributed by atoms with E-state index in [4.69, 9.17) is 9.47 Å². The summed E-state index contributed by atoms with van der Waals surface area (Å²) in [5, 5.41) is 0.980. The summed E-state index contributed by atoms with van der Waals surface area (Å²) in [5.74, 6) is 1.41. The normalized spacial score (nSPS) is 12.1. The van der Waals surface area contributed by atoms with Gasteiger partial charge in [-0.3, -0.25) is 9.19 Å². The third kappa shape index (κ3) is 3.79. The molecule has 7 heteroatoms. The molecule has 0 saturated heterocycles. The van der Waals surface area contributed by atoms with Gasteiger partial charge in [0.15, 0.2) is 0 Å². The van der Waals surface area contributed by atoms with Crippen LogP contribution in [-0.2, 0) is 17.8 Å². The second-order valence-electron chi connectivity index (χ2n) is 5.33. The maximum Gasteiger partial charge on any atom is 0.127 e. The Kier molecular flexibility index (Phi) is 5.28. The van der Waals surface area contributed by atoms with Gasteiger partial charge in [0, 0.05) is 41.0 Å². The zero-order chi connectivity index (χ0) is 17.8. The van der Waals surface area contributed by atoms with E-state index in [0.717, 1.165) is 33.3 Å². The largest absolute Gasteiger partial charge is 0.760 e. The standard InChI is InChI=1S/C18H18N2O4S/c1-23-13-4-6-15-14(7-8-19-17(15)10-13)16-5-3-12(9-18(16)24-2)11-20-25(21)22/h3-10,20H,11H2,1-2H3,(H,21,22)/p-1. The molecule has 130 valence electrons. The zero-order valence-corrected chi connectivity index (χ0v) is 14.6. The molecule has 1 N–H and O–H groups in total. The number of benzene rings is 2. The smallest absolute Gasteiger partial charge is 0.127 e. The first-order valence-electron chi connectivity index (χ1n) is 7.55. The van der Waals surface area contributed by atoms with Crippen LogP contribution in [0.5, 0.6) is 11.5 Å². The van der Waals surface area contributed by atoms with E-state index in [0.29, 0.717) is 5.75 Å². The predicted molar refractivity (Wildman–Crippen MR) is 96.0 cm³/mol. The van der Waals surface area contributed by atoms with Gasteiger partial charge in [-0.2, -0.15) is 0 Å². The Morgan fingerprint density at radius 3 is 2.64 bits per heavy atom. The quantitative estimate of drug-likeness (QED) is 0.686. The number of fused-ring (bicyclic) bond motifs is 1. The number of hydrogen-bond acceptors (Lipinski definition) is 5. The molecule has 25 heavy (non-hydrogen) atoms. The highest BCUT2D eigenvalue weighted by molar-refractivity contribution is 7.77. The van der Waals surface area contributed by atoms with Gasteiger partial charge in [-0.15, -0.1) is 0 Å². The second-order valence-corrected chi connectivity index (χ2v) is 6.09. The fourth-order valence-corrected chi connectivity index (χ4v) is 2.98. The molecule has 2 aromatic carbocycles. The molecular formula is C18H17N2O4S-. The van der Waals surface area contributed by atoms with Crippen molar-refractivity contribution >= 4 is 22.2 Å². The lowest BCUT2D eigenvalue weighted by Gasteiger charge is -2.14. The maximum absolute atomic E-state index is 10.7. The van der Waals surface area contributed by atoms with Gasteiger partial charge in [0.2, 0.25) is 0 Å². The number of ether oxygens (including phenoxy) is 2. The van der Waals surface area contributed by atoms with Gasteiger partial charge in [0.25, 0.3) is 0 Å². The topological polar surface area (TPSA) is 83.5 Å². The van der Waals surface area contributed by atoms with Crippen LogP contribution in [-0.4, -0.2) is 28.0 Å². The number of rotatable bonds is 6. The molecule has 1 atom stereocenters. The Hall–Kier alpha value is -2.48. The first-order chi connectivity index (χ1) is 12.1. The maximum atomic E-state index is 10.7. The summed E-state index contributed by atoms with van der Waals surface area (Å²) in [6.07, 6.45) is 1.74. The minimum Gasteiger partial charge on any atom is -0.760 e. The monoisotopic (exact) mass is 357 g/mol. The van der Waals surface area contributed by atoms with Crippen LogP contribution < -0.4 is 14.2 Å². The molecule has 0 saturated carbocycles. The Labute approximate surface area is 148 Å². The van der Waals surface area contributed by atoms with Gasteiger partial charge in [-0.25, -0.2) is 4.72 Å². The molecule has 1 unspecified atom stereocenters. The predicted octanol–water partition coefficient (Wildman–Crippen LogP) is 2.80. The van der Waals surface area contributed by atoms with E-state index in [9.17, 15) is 8.76 Å². The zero-order valence-electron chi connectivity index (χ0n) is 13.8. The van der Waals surface area contributed by atoms with Crippen LogP contribution in [0.4, 0.5) is 0 Å². The number of pyridine rings is 1. The lowest BCUT2D eigenvalue weighted by Crippen LogP contribution is -2.15. The average molecular weight is 357 g/mol. The highest BCUT2D eigenvalue weighted by Gasteiger charge is 2.11. The molecule has 1 heterocycles. The minimum absolute atomic E-state index is 0.209. The third-order valence-corrected chi connectivity index (χ3v) is 4.28. The summed E-state index contributed by atoms with van der Waals surface area (Å²) >= 11 is -2.30. The van der Waals surface area contributed by atoms with E-state index in [1.54, 1.807) is 20.4 Å². The summed E-state index contributed by atoms with van der Waals surface area (Å²) in [7, 11) is 3.21. The van der Waals surface area contributed by atoms with E-state index < -0.39 is 11.3 Å². The summed E-state index contributed by atoms with van der Waals surface area (Å²) in [4.78, 5) is 4.40. The molecule has 0 aliphatic heterocycles. The van der Waals surface area contributed by atoms with Crippen molar-refractivity contribution in [3.63, 3.8) is 0 Å². The van der Waals surface area contributed by atoms with Crippen LogP contribution in [0.25, 0.3) is 22.0 Å². The van der Waals surface area contributed by atoms with E-state index in [-0.39, 0.29) is 6.54 Å². The molecule has 6 nitrogen and oxygen atoms in total. The summed E-state index contributed by atoms with van der Waals surface area (Å²) in [5.41, 5.74) is 3.53. The van der Waals surface area contributed by atoms with Crippen molar-refractivity contribution in [2.75, 3.05) is 14.2 Å². The fraction of sp³-hybridized carbons (Fsp3) is 0.167. The van der Waals surface area contributed by atoms with E-state index in [1.807, 2.05) is 42.5 Å². The number of nitrogens with one attached hydrogen (secondary N) is 1. The first kappa shape index (κ1) is 17.3. The van der Waals surface area contributed by atoms with E-state index >= 15 is 0 Å². The summed E-state index contributed by atoms with van der Waals surface area (Å²) < 4.78 is 34.4. The van der Waals surface area contributed by atoms with Gasteiger partial charge in [0.05, 0.1) is 19.7 Å². The summed E-state index contributed by atoms with van der Waals surface area (Å²) in [6, 6.07) is 13.3. The Morgan fingerprint density at radius 2 is 1.92 bits per heavy atom. The summed E-state index contributed by atoms with van der Waals surface area (Å²) in [6.45, 7) is 0.209. The molecule has 0 bridgehead atoms. The van der Waals surface area contributed by atoms with Crippen molar-refractivity contribution in [3.8, 4) is 22.6 Å². The van der Waals surface area contributed by atoms with Crippen LogP contribution in [0.1, 0.15) is 5.56 Å². The Bertz CT molecular complexity index is 930. The fourth-order valence-electron chi connectivity index (χ4n) is 2.70. The van der Waals surface area contributed by atoms with Crippen molar-refractivity contribution in [2.24, 2.45) is 0 Å². The number of methoxy groups -OCH3 is 2. The number of nitrogens with zero attached hydrogens (tertiary/aromatic N) is 1. The number of aromatic nitrogens is 1. The van der Waals surface area contributed by atoms with Gasteiger partial charge < -0.3 is 14.0 Å². The Morgan fingerprint density at radius 1 is 1.08 bits per heavy atom. The van der Waals surface area contributed by atoms with Crippen molar-refractivity contribution in [2.45, 2.75) is 6.54 Å². The molecule has 0 aliphatic rings. The second kappa shape index (κ2) is 7.60. The van der Waals surface area contributed by atoms with Crippen LogP contribution in [0.2, 0.25) is 0 Å². The minimum atomic E-state index is -2.30. The van der Waals surface area contributed by atoms with Gasteiger partial charge in [-0.1, -0.05) is 12.1 Å². The highest BCUT2D eigenvalue weighted by Crippen LogP contribution is 2.35. The number of hydrogen-bond donors (Lipinski definition) is 1. The lowest BCUT2D eigenvalue weighted by atomic mass is 9.99. The first-order valence-corrected chi connectivity index (χ1v) is 8.62. The molecule has 0 aliphatic carbocycles. The molecule has 3 rings (SSSR count). The van der Waals surface area contributed by atoms with Gasteiger partial charge >= 0.3 is 0 Å². The Balaban J connectivity index is 2.06. The molecule has 0 fully saturated rings. The molecular weight excluding hydrogens is 340 g/mol. The third-order valence-electron chi connectivity index (χ3n) is 3.90.